The standard InChI is InChI=1S/C36H46ClN5O6S/c1-23(2)19-40(49(47,48)28-14-15-29(37)30(38)18-28)21-32(43)31(17-26-11-7-6-8-12-26)39-35(45)34(24(3)4)42-22-33(44)41(36(42)46)20-27-13-9-10-25(5)16-27/h6-16,18,22-24,31-32,34,43-44H,17,19-21,38H2,1-5H3,(H,39,45)/t31-,32+,34-/m0/s1. The number of anilines is 1. The van der Waals surface area contributed by atoms with Crippen LogP contribution in [0.2, 0.25) is 5.02 Å². The zero-order chi connectivity index (χ0) is 36.0. The Morgan fingerprint density at radius 2 is 1.65 bits per heavy atom. The molecule has 1 amide bonds. The van der Waals surface area contributed by atoms with E-state index in [2.05, 4.69) is 5.32 Å². The van der Waals surface area contributed by atoms with Crippen LogP contribution in [0.15, 0.2) is 88.7 Å². The highest BCUT2D eigenvalue weighted by Gasteiger charge is 2.34. The van der Waals surface area contributed by atoms with Crippen LogP contribution in [0.4, 0.5) is 5.69 Å². The summed E-state index contributed by atoms with van der Waals surface area (Å²) in [5.41, 5.74) is 8.08. The molecule has 0 fully saturated rings. The summed E-state index contributed by atoms with van der Waals surface area (Å²) in [6, 6.07) is 18.8. The maximum absolute atomic E-state index is 14.1. The lowest BCUT2D eigenvalue weighted by atomic mass is 9.98. The number of aromatic hydroxyl groups is 1. The average Bonchev–Trinajstić information content (AvgIpc) is 3.29. The van der Waals surface area contributed by atoms with Crippen LogP contribution in [0, 0.1) is 18.8 Å². The third-order valence-corrected chi connectivity index (χ3v) is 10.4. The van der Waals surface area contributed by atoms with E-state index >= 15 is 0 Å². The number of hydrogen-bond donors (Lipinski definition) is 4. The third-order valence-electron chi connectivity index (χ3n) is 8.26. The van der Waals surface area contributed by atoms with Gasteiger partial charge in [-0.3, -0.25) is 13.9 Å². The summed E-state index contributed by atoms with van der Waals surface area (Å²) in [5.74, 6) is -1.34. The first kappa shape index (κ1) is 37.7. The minimum absolute atomic E-state index is 0.0693. The van der Waals surface area contributed by atoms with Crippen molar-refractivity contribution in [3.8, 4) is 5.88 Å². The molecule has 11 nitrogen and oxygen atoms in total. The largest absolute Gasteiger partial charge is 0.493 e. The molecule has 0 aliphatic heterocycles. The number of carbonyl (C=O) groups is 1. The molecule has 4 rings (SSSR count). The number of rotatable bonds is 15. The molecular weight excluding hydrogens is 666 g/mol. The Hall–Kier alpha value is -4.10. The number of aromatic nitrogens is 2. The molecule has 0 saturated heterocycles. The monoisotopic (exact) mass is 711 g/mol. The summed E-state index contributed by atoms with van der Waals surface area (Å²) < 4.78 is 31.3. The minimum atomic E-state index is -4.13. The number of aliphatic hydroxyl groups excluding tert-OH is 1. The topological polar surface area (TPSA) is 160 Å². The second-order valence-electron chi connectivity index (χ2n) is 13.2. The van der Waals surface area contributed by atoms with E-state index < -0.39 is 45.7 Å². The van der Waals surface area contributed by atoms with Crippen LogP contribution in [0.25, 0.3) is 0 Å². The second-order valence-corrected chi connectivity index (χ2v) is 15.6. The average molecular weight is 712 g/mol. The Bertz CT molecular complexity index is 1910. The van der Waals surface area contributed by atoms with Crippen LogP contribution in [-0.4, -0.2) is 63.2 Å². The number of nitrogens with one attached hydrogen (secondary N) is 1. The van der Waals surface area contributed by atoms with Gasteiger partial charge in [-0.15, -0.1) is 0 Å². The van der Waals surface area contributed by atoms with Crippen LogP contribution in [0.3, 0.4) is 0 Å². The Labute approximate surface area is 293 Å². The van der Waals surface area contributed by atoms with E-state index in [1.54, 1.807) is 13.8 Å². The van der Waals surface area contributed by atoms with Gasteiger partial charge in [0.1, 0.15) is 6.04 Å². The first-order valence-electron chi connectivity index (χ1n) is 16.2. The third kappa shape index (κ3) is 9.33. The molecule has 0 saturated carbocycles. The molecule has 0 bridgehead atoms. The van der Waals surface area contributed by atoms with Gasteiger partial charge in [0.15, 0.2) is 0 Å². The molecule has 3 atom stereocenters. The van der Waals surface area contributed by atoms with Crippen molar-refractivity contribution in [2.75, 3.05) is 18.8 Å². The van der Waals surface area contributed by atoms with Crippen molar-refractivity contribution >= 4 is 33.2 Å². The smallest absolute Gasteiger partial charge is 0.332 e. The Kier molecular flexibility index (Phi) is 12.4. The maximum atomic E-state index is 14.1. The summed E-state index contributed by atoms with van der Waals surface area (Å²) >= 11 is 6.05. The van der Waals surface area contributed by atoms with Crippen LogP contribution in [0.5, 0.6) is 5.88 Å². The number of nitrogens with two attached hydrogens (primary N) is 1. The fourth-order valence-corrected chi connectivity index (χ4v) is 7.62. The molecule has 49 heavy (non-hydrogen) atoms. The van der Waals surface area contributed by atoms with Gasteiger partial charge in [-0.25, -0.2) is 13.2 Å². The zero-order valence-corrected chi connectivity index (χ0v) is 30.0. The molecule has 0 aliphatic carbocycles. The first-order chi connectivity index (χ1) is 23.1. The molecule has 264 valence electrons. The molecular formula is C36H46ClN5O6S. The summed E-state index contributed by atoms with van der Waals surface area (Å²) in [6.07, 6.45) is 0.0715. The quantitative estimate of drug-likeness (QED) is 0.131. The fourth-order valence-electron chi connectivity index (χ4n) is 5.84. The Balaban J connectivity index is 1.66. The lowest BCUT2D eigenvalue weighted by molar-refractivity contribution is -0.127. The molecule has 13 heteroatoms. The highest BCUT2D eigenvalue weighted by Crippen LogP contribution is 2.26. The second kappa shape index (κ2) is 16.1. The van der Waals surface area contributed by atoms with Crippen molar-refractivity contribution in [3.05, 3.63) is 111 Å². The molecule has 3 aromatic carbocycles. The van der Waals surface area contributed by atoms with E-state index in [-0.39, 0.29) is 53.5 Å². The number of carbonyl (C=O) groups excluding carboxylic acids is 1. The van der Waals surface area contributed by atoms with E-state index in [1.807, 2.05) is 75.4 Å². The number of benzene rings is 3. The van der Waals surface area contributed by atoms with Gasteiger partial charge in [-0.2, -0.15) is 4.31 Å². The molecule has 1 heterocycles. The molecule has 4 aromatic rings. The van der Waals surface area contributed by atoms with Crippen molar-refractivity contribution < 1.29 is 23.4 Å². The summed E-state index contributed by atoms with van der Waals surface area (Å²) in [7, 11) is -4.13. The molecule has 0 aliphatic rings. The predicted octanol–water partition coefficient (Wildman–Crippen LogP) is 4.58. The first-order valence-corrected chi connectivity index (χ1v) is 18.0. The lowest BCUT2D eigenvalue weighted by Gasteiger charge is -2.32. The van der Waals surface area contributed by atoms with Gasteiger partial charge in [0.25, 0.3) is 0 Å². The van der Waals surface area contributed by atoms with Crippen LogP contribution in [0.1, 0.15) is 50.4 Å². The van der Waals surface area contributed by atoms with E-state index in [0.717, 1.165) is 16.7 Å². The van der Waals surface area contributed by atoms with Crippen molar-refractivity contribution in [2.24, 2.45) is 11.8 Å². The summed E-state index contributed by atoms with van der Waals surface area (Å²) in [6.45, 7) is 9.08. The normalized spacial score (nSPS) is 13.9. The van der Waals surface area contributed by atoms with Crippen LogP contribution < -0.4 is 16.7 Å². The van der Waals surface area contributed by atoms with Gasteiger partial charge >= 0.3 is 5.69 Å². The van der Waals surface area contributed by atoms with Crippen molar-refractivity contribution in [2.45, 2.75) is 70.7 Å². The highest BCUT2D eigenvalue weighted by molar-refractivity contribution is 7.89. The zero-order valence-electron chi connectivity index (χ0n) is 28.5. The van der Waals surface area contributed by atoms with Gasteiger partial charge < -0.3 is 21.3 Å². The Morgan fingerprint density at radius 1 is 0.980 bits per heavy atom. The molecule has 5 N–H and O–H groups in total. The highest BCUT2D eigenvalue weighted by atomic mass is 35.5. The van der Waals surface area contributed by atoms with Crippen molar-refractivity contribution in [1.29, 1.82) is 0 Å². The number of amides is 1. The number of hydrogen-bond acceptors (Lipinski definition) is 7. The maximum Gasteiger partial charge on any atom is 0.332 e. The number of nitrogen functional groups attached to an aromatic ring is 1. The van der Waals surface area contributed by atoms with E-state index in [9.17, 15) is 28.2 Å². The predicted molar refractivity (Wildman–Crippen MR) is 192 cm³/mol. The minimum Gasteiger partial charge on any atom is -0.493 e. The van der Waals surface area contributed by atoms with Crippen molar-refractivity contribution in [1.82, 2.24) is 18.8 Å². The van der Waals surface area contributed by atoms with Gasteiger partial charge in [0.2, 0.25) is 21.8 Å². The number of aryl methyl sites for hydroxylation is 1. The van der Waals surface area contributed by atoms with Crippen molar-refractivity contribution in [3.63, 3.8) is 0 Å². The van der Waals surface area contributed by atoms with Crippen LogP contribution in [-0.2, 0) is 27.8 Å². The van der Waals surface area contributed by atoms with E-state index in [0.29, 0.717) is 0 Å². The van der Waals surface area contributed by atoms with Gasteiger partial charge in [-0.1, -0.05) is 99.5 Å². The summed E-state index contributed by atoms with van der Waals surface area (Å²) in [4.78, 5) is 27.6. The lowest BCUT2D eigenvalue weighted by Crippen LogP contribution is -2.53. The molecule has 0 radical (unpaired) electrons. The molecule has 0 unspecified atom stereocenters. The number of halogens is 1. The molecule has 1 aromatic heterocycles. The summed E-state index contributed by atoms with van der Waals surface area (Å²) in [5, 5.41) is 25.6. The fraction of sp³-hybridized carbons (Fsp3) is 0.389. The van der Waals surface area contributed by atoms with Gasteiger partial charge in [0.05, 0.1) is 40.5 Å². The van der Waals surface area contributed by atoms with Crippen LogP contribution >= 0.6 is 11.6 Å². The Morgan fingerprint density at radius 3 is 2.27 bits per heavy atom. The van der Waals surface area contributed by atoms with E-state index in [4.69, 9.17) is 17.3 Å². The van der Waals surface area contributed by atoms with Gasteiger partial charge in [0, 0.05) is 13.1 Å². The number of aliphatic hydroxyl groups is 1. The molecule has 0 spiro atoms. The van der Waals surface area contributed by atoms with Gasteiger partial charge in [-0.05, 0) is 54.5 Å². The van der Waals surface area contributed by atoms with E-state index in [1.165, 1.54) is 37.8 Å². The number of imidazole rings is 1. The number of sulfonamides is 1. The number of nitrogens with zero attached hydrogens (tertiary/aromatic N) is 3. The SMILES string of the molecule is Cc1cccc(Cn2c(O)cn([C@H](C(=O)N[C@@H](Cc3ccccc3)[C@H](O)CN(CC(C)C)S(=O)(=O)c3ccc(Cl)c(N)c3)C(C)C)c2=O)c1.